The van der Waals surface area contributed by atoms with Crippen molar-refractivity contribution < 1.29 is 9.18 Å². The van der Waals surface area contributed by atoms with Crippen molar-refractivity contribution >= 4 is 5.91 Å². The fourth-order valence-electron chi connectivity index (χ4n) is 3.67. The van der Waals surface area contributed by atoms with Crippen LogP contribution in [0.5, 0.6) is 0 Å². The molecule has 2 saturated heterocycles. The summed E-state index contributed by atoms with van der Waals surface area (Å²) in [5, 5.41) is 2.97. The first-order valence-corrected chi connectivity index (χ1v) is 7.85. The summed E-state index contributed by atoms with van der Waals surface area (Å²) >= 11 is 0. The Morgan fingerprint density at radius 3 is 2.90 bits per heavy atom. The maximum absolute atomic E-state index is 13.9. The van der Waals surface area contributed by atoms with Crippen molar-refractivity contribution in [2.45, 2.75) is 39.2 Å². The number of carbonyl (C=O) groups excluding carboxylic acids is 1. The quantitative estimate of drug-likeness (QED) is 0.908. The molecule has 21 heavy (non-hydrogen) atoms. The van der Waals surface area contributed by atoms with Crippen LogP contribution in [-0.2, 0) is 11.3 Å². The first-order chi connectivity index (χ1) is 10.1. The summed E-state index contributed by atoms with van der Waals surface area (Å²) in [6, 6.07) is 5.28. The number of halogens is 1. The highest BCUT2D eigenvalue weighted by Gasteiger charge is 2.42. The average Bonchev–Trinajstić information content (AvgIpc) is 2.69. The zero-order valence-electron chi connectivity index (χ0n) is 12.6. The number of hydrogen-bond acceptors (Lipinski definition) is 2. The van der Waals surface area contributed by atoms with E-state index in [9.17, 15) is 9.18 Å². The second kappa shape index (κ2) is 5.76. The van der Waals surface area contributed by atoms with Gasteiger partial charge in [0.2, 0.25) is 5.91 Å². The molecule has 4 heteroatoms. The molecule has 2 fully saturated rings. The van der Waals surface area contributed by atoms with Crippen molar-refractivity contribution in [3.05, 3.63) is 35.1 Å². The van der Waals surface area contributed by atoms with Crippen molar-refractivity contribution in [3.8, 4) is 0 Å². The molecule has 1 N–H and O–H groups in total. The van der Waals surface area contributed by atoms with Gasteiger partial charge in [0.05, 0.1) is 5.41 Å². The Morgan fingerprint density at radius 2 is 2.14 bits per heavy atom. The van der Waals surface area contributed by atoms with Crippen molar-refractivity contribution in [2.75, 3.05) is 19.6 Å². The van der Waals surface area contributed by atoms with Crippen LogP contribution in [-0.4, -0.2) is 30.4 Å². The second-order valence-electron chi connectivity index (χ2n) is 6.51. The van der Waals surface area contributed by atoms with Crippen LogP contribution < -0.4 is 5.32 Å². The second-order valence-corrected chi connectivity index (χ2v) is 6.51. The molecule has 1 aromatic carbocycles. The maximum Gasteiger partial charge on any atom is 0.226 e. The number of nitrogens with one attached hydrogen (secondary N) is 1. The zero-order valence-corrected chi connectivity index (χ0v) is 12.6. The lowest BCUT2D eigenvalue weighted by Gasteiger charge is -2.24. The normalized spacial score (nSPS) is 26.9. The van der Waals surface area contributed by atoms with Gasteiger partial charge in [-0.05, 0) is 51.8 Å². The van der Waals surface area contributed by atoms with Gasteiger partial charge in [-0.2, -0.15) is 0 Å². The van der Waals surface area contributed by atoms with Gasteiger partial charge in [0.1, 0.15) is 5.82 Å². The summed E-state index contributed by atoms with van der Waals surface area (Å²) in [6.45, 7) is 5.27. The number of likely N-dealkylation sites (tertiary alicyclic amines) is 1. The van der Waals surface area contributed by atoms with Gasteiger partial charge in [-0.1, -0.05) is 17.7 Å². The van der Waals surface area contributed by atoms with Crippen LogP contribution in [0.1, 0.15) is 36.8 Å². The number of nitrogens with zero attached hydrogens (tertiary/aromatic N) is 1. The molecule has 2 aliphatic heterocycles. The smallest absolute Gasteiger partial charge is 0.226 e. The third kappa shape index (κ3) is 2.95. The summed E-state index contributed by atoms with van der Waals surface area (Å²) < 4.78 is 13.9. The van der Waals surface area contributed by atoms with E-state index in [0.717, 1.165) is 56.4 Å². The molecule has 3 rings (SSSR count). The first kappa shape index (κ1) is 14.5. The Balaban J connectivity index is 1.68. The summed E-state index contributed by atoms with van der Waals surface area (Å²) in [5.41, 5.74) is 1.70. The van der Waals surface area contributed by atoms with E-state index in [4.69, 9.17) is 0 Å². The number of aryl methyl sites for hydroxylation is 1. The van der Waals surface area contributed by atoms with Crippen molar-refractivity contribution in [1.82, 2.24) is 10.2 Å². The van der Waals surface area contributed by atoms with Crippen LogP contribution in [0.2, 0.25) is 0 Å². The SMILES string of the molecule is Cc1ccc(F)c(CN2CCC[C@@]3(CCNC3=O)CC2)c1. The van der Waals surface area contributed by atoms with Gasteiger partial charge in [0, 0.05) is 18.7 Å². The fraction of sp³-hybridized carbons (Fsp3) is 0.588. The van der Waals surface area contributed by atoms with E-state index in [1.54, 1.807) is 12.1 Å². The zero-order chi connectivity index (χ0) is 14.9. The Kier molecular flexibility index (Phi) is 3.98. The van der Waals surface area contributed by atoms with Gasteiger partial charge in [0.15, 0.2) is 0 Å². The van der Waals surface area contributed by atoms with Gasteiger partial charge in [-0.3, -0.25) is 9.69 Å². The van der Waals surface area contributed by atoms with Gasteiger partial charge >= 0.3 is 0 Å². The number of carbonyl (C=O) groups is 1. The molecule has 2 heterocycles. The Labute approximate surface area is 125 Å². The van der Waals surface area contributed by atoms with E-state index in [-0.39, 0.29) is 17.1 Å². The fourth-order valence-corrected chi connectivity index (χ4v) is 3.67. The standard InChI is InChI=1S/C17H23FN2O/c1-13-3-4-15(18)14(11-13)12-20-9-2-5-17(7-10-20)6-8-19-16(17)21/h3-4,11H,2,5-10,12H2,1H3,(H,19,21)/t17-/m1/s1. The molecule has 1 spiro atoms. The highest BCUT2D eigenvalue weighted by molar-refractivity contribution is 5.84. The van der Waals surface area contributed by atoms with Crippen LogP contribution in [0.15, 0.2) is 18.2 Å². The van der Waals surface area contributed by atoms with Gasteiger partial charge in [-0.25, -0.2) is 4.39 Å². The molecule has 1 atom stereocenters. The van der Waals surface area contributed by atoms with E-state index in [1.807, 2.05) is 13.0 Å². The molecule has 114 valence electrons. The monoisotopic (exact) mass is 290 g/mol. The maximum atomic E-state index is 13.9. The minimum atomic E-state index is -0.153. The van der Waals surface area contributed by atoms with Gasteiger partial charge in [-0.15, -0.1) is 0 Å². The molecule has 3 nitrogen and oxygen atoms in total. The first-order valence-electron chi connectivity index (χ1n) is 7.85. The molecule has 0 unspecified atom stereocenters. The third-order valence-corrected chi connectivity index (χ3v) is 5.00. The van der Waals surface area contributed by atoms with Crippen LogP contribution in [0.4, 0.5) is 4.39 Å². The highest BCUT2D eigenvalue weighted by Crippen LogP contribution is 2.38. The predicted molar refractivity (Wildman–Crippen MR) is 80.3 cm³/mol. The van der Waals surface area contributed by atoms with E-state index in [1.165, 1.54) is 0 Å². The van der Waals surface area contributed by atoms with E-state index in [2.05, 4.69) is 10.2 Å². The lowest BCUT2D eigenvalue weighted by molar-refractivity contribution is -0.128. The Morgan fingerprint density at radius 1 is 1.29 bits per heavy atom. The number of hydrogen-bond donors (Lipinski definition) is 1. The predicted octanol–water partition coefficient (Wildman–Crippen LogP) is 2.63. The number of rotatable bonds is 2. The van der Waals surface area contributed by atoms with E-state index >= 15 is 0 Å². The lowest BCUT2D eigenvalue weighted by atomic mass is 9.79. The molecule has 0 radical (unpaired) electrons. The topological polar surface area (TPSA) is 32.3 Å². The summed E-state index contributed by atoms with van der Waals surface area (Å²) in [6.07, 6.45) is 3.83. The molecule has 0 aliphatic carbocycles. The molecular formula is C17H23FN2O. The van der Waals surface area contributed by atoms with Crippen molar-refractivity contribution in [3.63, 3.8) is 0 Å². The minimum Gasteiger partial charge on any atom is -0.356 e. The Hall–Kier alpha value is -1.42. The summed E-state index contributed by atoms with van der Waals surface area (Å²) in [7, 11) is 0. The molecule has 1 amide bonds. The average molecular weight is 290 g/mol. The van der Waals surface area contributed by atoms with Crippen LogP contribution in [0.25, 0.3) is 0 Å². The molecular weight excluding hydrogens is 267 g/mol. The largest absolute Gasteiger partial charge is 0.356 e. The number of benzene rings is 1. The molecule has 1 aromatic rings. The van der Waals surface area contributed by atoms with Gasteiger partial charge < -0.3 is 5.32 Å². The van der Waals surface area contributed by atoms with Gasteiger partial charge in [0.25, 0.3) is 0 Å². The lowest BCUT2D eigenvalue weighted by Crippen LogP contribution is -2.32. The van der Waals surface area contributed by atoms with Crippen LogP contribution in [0.3, 0.4) is 0 Å². The Bertz CT molecular complexity index is 546. The molecule has 0 bridgehead atoms. The summed E-state index contributed by atoms with van der Waals surface area (Å²) in [5.74, 6) is 0.101. The molecule has 0 aromatic heterocycles. The van der Waals surface area contributed by atoms with E-state index < -0.39 is 0 Å². The van der Waals surface area contributed by atoms with Crippen molar-refractivity contribution in [2.24, 2.45) is 5.41 Å². The molecule has 0 saturated carbocycles. The third-order valence-electron chi connectivity index (χ3n) is 5.00. The van der Waals surface area contributed by atoms with Crippen LogP contribution >= 0.6 is 0 Å². The minimum absolute atomic E-state index is 0.127. The van der Waals surface area contributed by atoms with E-state index in [0.29, 0.717) is 6.54 Å². The van der Waals surface area contributed by atoms with Crippen molar-refractivity contribution in [1.29, 1.82) is 0 Å². The van der Waals surface area contributed by atoms with Crippen LogP contribution in [0, 0.1) is 18.2 Å². The molecule has 2 aliphatic rings. The highest BCUT2D eigenvalue weighted by atomic mass is 19.1. The summed E-state index contributed by atoms with van der Waals surface area (Å²) in [4.78, 5) is 14.4. The number of amides is 1.